The van der Waals surface area contributed by atoms with E-state index in [-0.39, 0.29) is 13.2 Å². The molecule has 0 aromatic heterocycles. The average molecular weight is 566 g/mol. The standard InChI is InChI=1S/C31H29F2NO7/c1-37-25-17-22(18-26(19-25)38-2)27-13-14-34(31(27)40-28(35)11-12-29(36)41-31)15-16-39-30(20-3-7-23(32)8-4-20)21-5-9-24(33)10-6-21/h3-12,17-19,27,30H,13-16H2,1-2H3. The summed E-state index contributed by atoms with van der Waals surface area (Å²) in [6, 6.07) is 17.0. The number of hydrogen-bond acceptors (Lipinski definition) is 8. The van der Waals surface area contributed by atoms with Crippen LogP contribution in [-0.2, 0) is 23.8 Å². The van der Waals surface area contributed by atoms with Gasteiger partial charge >= 0.3 is 17.8 Å². The zero-order chi connectivity index (χ0) is 29.0. The van der Waals surface area contributed by atoms with Gasteiger partial charge in [-0.3, -0.25) is 0 Å². The summed E-state index contributed by atoms with van der Waals surface area (Å²) >= 11 is 0. The van der Waals surface area contributed by atoms with Crippen molar-refractivity contribution in [1.82, 2.24) is 4.90 Å². The smallest absolute Gasteiger partial charge is 0.335 e. The van der Waals surface area contributed by atoms with E-state index in [4.69, 9.17) is 23.7 Å². The molecule has 0 amide bonds. The number of rotatable bonds is 9. The number of methoxy groups -OCH3 is 2. The van der Waals surface area contributed by atoms with Crippen LogP contribution >= 0.6 is 0 Å². The molecule has 1 saturated heterocycles. The molecular formula is C31H29F2NO7. The maximum atomic E-state index is 13.6. The van der Waals surface area contributed by atoms with Gasteiger partial charge in [0.05, 0.1) is 26.7 Å². The number of halogens is 2. The molecule has 0 radical (unpaired) electrons. The minimum Gasteiger partial charge on any atom is -0.497 e. The van der Waals surface area contributed by atoms with Crippen molar-refractivity contribution in [3.05, 3.63) is 107 Å². The number of carbonyl (C=O) groups excluding carboxylic acids is 2. The van der Waals surface area contributed by atoms with Crippen molar-refractivity contribution in [2.75, 3.05) is 33.9 Å². The zero-order valence-corrected chi connectivity index (χ0v) is 22.5. The van der Waals surface area contributed by atoms with E-state index >= 15 is 0 Å². The highest BCUT2D eigenvalue weighted by Crippen LogP contribution is 2.46. The third kappa shape index (κ3) is 6.08. The van der Waals surface area contributed by atoms with Gasteiger partial charge in [0.2, 0.25) is 0 Å². The largest absolute Gasteiger partial charge is 0.497 e. The fourth-order valence-corrected chi connectivity index (χ4v) is 5.24. The fourth-order valence-electron chi connectivity index (χ4n) is 5.24. The van der Waals surface area contributed by atoms with Crippen LogP contribution in [0, 0.1) is 11.6 Å². The lowest BCUT2D eigenvalue weighted by Gasteiger charge is -2.39. The first-order valence-electron chi connectivity index (χ1n) is 13.1. The third-order valence-electron chi connectivity index (χ3n) is 7.19. The average Bonchev–Trinajstić information content (AvgIpc) is 3.22. The first kappa shape index (κ1) is 28.3. The molecule has 3 aromatic rings. The van der Waals surface area contributed by atoms with Gasteiger partial charge in [-0.25, -0.2) is 23.3 Å². The number of benzene rings is 3. The highest BCUT2D eigenvalue weighted by molar-refractivity contribution is 5.93. The van der Waals surface area contributed by atoms with Crippen molar-refractivity contribution in [1.29, 1.82) is 0 Å². The van der Waals surface area contributed by atoms with Gasteiger partial charge < -0.3 is 23.7 Å². The molecular weight excluding hydrogens is 536 g/mol. The minimum atomic E-state index is -1.75. The molecule has 10 heteroatoms. The monoisotopic (exact) mass is 565 g/mol. The van der Waals surface area contributed by atoms with Crippen molar-refractivity contribution < 1.29 is 42.1 Å². The molecule has 0 bridgehead atoms. The van der Waals surface area contributed by atoms with Crippen molar-refractivity contribution in [3.8, 4) is 11.5 Å². The van der Waals surface area contributed by atoms with Crippen molar-refractivity contribution in [2.45, 2.75) is 24.4 Å². The summed E-state index contributed by atoms with van der Waals surface area (Å²) in [6.07, 6.45) is 1.92. The summed E-state index contributed by atoms with van der Waals surface area (Å²) in [4.78, 5) is 27.1. The molecule has 0 N–H and O–H groups in total. The van der Waals surface area contributed by atoms with E-state index in [0.29, 0.717) is 41.2 Å². The second-order valence-corrected chi connectivity index (χ2v) is 9.63. The van der Waals surface area contributed by atoms with Gasteiger partial charge in [-0.2, -0.15) is 0 Å². The first-order valence-corrected chi connectivity index (χ1v) is 13.1. The lowest BCUT2D eigenvalue weighted by atomic mass is 9.94. The Hall–Kier alpha value is -4.28. The molecule has 2 heterocycles. The second-order valence-electron chi connectivity index (χ2n) is 9.63. The van der Waals surface area contributed by atoms with E-state index in [1.807, 2.05) is 0 Å². The lowest BCUT2D eigenvalue weighted by molar-refractivity contribution is -0.277. The summed E-state index contributed by atoms with van der Waals surface area (Å²) in [7, 11) is 3.06. The third-order valence-corrected chi connectivity index (χ3v) is 7.19. The van der Waals surface area contributed by atoms with Gasteiger partial charge in [-0.15, -0.1) is 0 Å². The Labute approximate surface area is 236 Å². The van der Waals surface area contributed by atoms with Gasteiger partial charge in [0.25, 0.3) is 0 Å². The molecule has 3 aromatic carbocycles. The number of carbonyl (C=O) groups is 2. The Bertz CT molecular complexity index is 1340. The Kier molecular flexibility index (Phi) is 8.32. The summed E-state index contributed by atoms with van der Waals surface area (Å²) in [6.45, 7) is 0.723. The summed E-state index contributed by atoms with van der Waals surface area (Å²) in [5.74, 6) is -3.49. The Morgan fingerprint density at radius 1 is 0.854 bits per heavy atom. The predicted octanol–water partition coefficient (Wildman–Crippen LogP) is 4.89. The van der Waals surface area contributed by atoms with E-state index in [1.165, 1.54) is 38.5 Å². The van der Waals surface area contributed by atoms with E-state index in [9.17, 15) is 18.4 Å². The normalized spacial score (nSPS) is 18.3. The van der Waals surface area contributed by atoms with Gasteiger partial charge in [-0.1, -0.05) is 24.3 Å². The lowest BCUT2D eigenvalue weighted by Crippen LogP contribution is -2.54. The molecule has 0 saturated carbocycles. The van der Waals surface area contributed by atoms with E-state index in [1.54, 1.807) is 47.4 Å². The molecule has 2 aliphatic heterocycles. The molecule has 1 unspecified atom stereocenters. The van der Waals surface area contributed by atoms with Crippen molar-refractivity contribution in [2.24, 2.45) is 0 Å². The molecule has 2 aliphatic rings. The highest BCUT2D eigenvalue weighted by atomic mass is 19.1. The summed E-state index contributed by atoms with van der Waals surface area (Å²) in [5, 5.41) is 0. The van der Waals surface area contributed by atoms with Crippen LogP contribution in [0.3, 0.4) is 0 Å². The van der Waals surface area contributed by atoms with E-state index < -0.39 is 41.5 Å². The molecule has 5 rings (SSSR count). The van der Waals surface area contributed by atoms with Gasteiger partial charge in [0, 0.05) is 31.3 Å². The fraction of sp³-hybridized carbons (Fsp3) is 0.290. The number of likely N-dealkylation sites (tertiary alicyclic amines) is 1. The van der Waals surface area contributed by atoms with Crippen molar-refractivity contribution in [3.63, 3.8) is 0 Å². The topological polar surface area (TPSA) is 83.5 Å². The van der Waals surface area contributed by atoms with Gasteiger partial charge in [0.15, 0.2) is 0 Å². The number of esters is 2. The number of nitrogens with zero attached hydrogens (tertiary/aromatic N) is 1. The number of hydrogen-bond donors (Lipinski definition) is 0. The van der Waals surface area contributed by atoms with Crippen LogP contribution in [0.4, 0.5) is 8.78 Å². The SMILES string of the molecule is COc1cc(OC)cc(C2CCN(CCOC(c3ccc(F)cc3)c3ccc(F)cc3)C23OC(=O)C=CC(=O)O3)c1. The van der Waals surface area contributed by atoms with Crippen LogP contribution in [0.2, 0.25) is 0 Å². The molecule has 41 heavy (non-hydrogen) atoms. The molecule has 1 fully saturated rings. The first-order chi connectivity index (χ1) is 19.8. The van der Waals surface area contributed by atoms with E-state index in [2.05, 4.69) is 0 Å². The quantitative estimate of drug-likeness (QED) is 0.340. The van der Waals surface area contributed by atoms with Crippen LogP contribution in [-0.4, -0.2) is 56.7 Å². The molecule has 214 valence electrons. The van der Waals surface area contributed by atoms with E-state index in [0.717, 1.165) is 12.2 Å². The second kappa shape index (κ2) is 12.1. The predicted molar refractivity (Wildman–Crippen MR) is 143 cm³/mol. The summed E-state index contributed by atoms with van der Waals surface area (Å²) < 4.78 is 56.1. The minimum absolute atomic E-state index is 0.109. The van der Waals surface area contributed by atoms with Gasteiger partial charge in [0.1, 0.15) is 29.2 Å². The molecule has 8 nitrogen and oxygen atoms in total. The molecule has 1 atom stereocenters. The number of ether oxygens (including phenoxy) is 5. The van der Waals surface area contributed by atoms with Gasteiger partial charge in [-0.05, 0) is 59.5 Å². The maximum absolute atomic E-state index is 13.6. The van der Waals surface area contributed by atoms with Crippen LogP contribution in [0.15, 0.2) is 78.9 Å². The zero-order valence-electron chi connectivity index (χ0n) is 22.5. The highest BCUT2D eigenvalue weighted by Gasteiger charge is 2.57. The summed E-state index contributed by atoms with van der Waals surface area (Å²) in [5.41, 5.74) is 2.04. The van der Waals surface area contributed by atoms with Crippen molar-refractivity contribution >= 4 is 11.9 Å². The Balaban J connectivity index is 1.43. The van der Waals surface area contributed by atoms with Crippen LogP contribution in [0.5, 0.6) is 11.5 Å². The van der Waals surface area contributed by atoms with Crippen LogP contribution < -0.4 is 9.47 Å². The Morgan fingerprint density at radius 2 is 1.37 bits per heavy atom. The molecule has 1 spiro atoms. The Morgan fingerprint density at radius 3 is 1.85 bits per heavy atom. The van der Waals surface area contributed by atoms with Crippen LogP contribution in [0.1, 0.15) is 35.1 Å². The van der Waals surface area contributed by atoms with Crippen LogP contribution in [0.25, 0.3) is 0 Å². The maximum Gasteiger partial charge on any atom is 0.335 e. The molecule has 0 aliphatic carbocycles.